The van der Waals surface area contributed by atoms with E-state index in [0.29, 0.717) is 28.6 Å². The lowest BCUT2D eigenvalue weighted by atomic mass is 10.3. The zero-order valence-corrected chi connectivity index (χ0v) is 12.8. The molecular weight excluding hydrogens is 312 g/mol. The molecule has 1 amide bonds. The molecule has 0 atom stereocenters. The van der Waals surface area contributed by atoms with Gasteiger partial charge in [-0.25, -0.2) is 13.4 Å². The number of sulfonamides is 1. The molecule has 0 radical (unpaired) electrons. The first kappa shape index (κ1) is 15.4. The fourth-order valence-electron chi connectivity index (χ4n) is 1.54. The molecule has 0 aliphatic heterocycles. The Hall–Kier alpha value is -1.97. The number of amides is 1. The molecule has 0 aliphatic rings. The molecule has 0 saturated heterocycles. The van der Waals surface area contributed by atoms with Gasteiger partial charge in [0.15, 0.2) is 0 Å². The second-order valence-corrected chi connectivity index (χ2v) is 6.93. The highest BCUT2D eigenvalue weighted by atomic mass is 32.2. The van der Waals surface area contributed by atoms with E-state index in [-0.39, 0.29) is 5.91 Å². The first-order valence-electron chi connectivity index (χ1n) is 5.91. The summed E-state index contributed by atoms with van der Waals surface area (Å²) in [6, 6.07) is 6.31. The van der Waals surface area contributed by atoms with Gasteiger partial charge in [0.25, 0.3) is 5.91 Å². The molecular formula is C12H14N4O3S2. The Morgan fingerprint density at radius 1 is 1.29 bits per heavy atom. The first-order valence-corrected chi connectivity index (χ1v) is 8.68. The van der Waals surface area contributed by atoms with E-state index < -0.39 is 10.0 Å². The Labute approximate surface area is 126 Å². The summed E-state index contributed by atoms with van der Waals surface area (Å²) in [5, 5.41) is 5.00. The van der Waals surface area contributed by atoms with E-state index in [0.717, 1.165) is 6.26 Å². The molecule has 1 heterocycles. The highest BCUT2D eigenvalue weighted by Gasteiger charge is 2.10. The highest BCUT2D eigenvalue weighted by molar-refractivity contribution is 7.92. The molecule has 0 fully saturated rings. The van der Waals surface area contributed by atoms with Crippen LogP contribution in [0.15, 0.2) is 29.6 Å². The summed E-state index contributed by atoms with van der Waals surface area (Å²) in [7, 11) is -3.31. The molecule has 4 N–H and O–H groups in total. The number of nitrogens with one attached hydrogen (secondary N) is 2. The van der Waals surface area contributed by atoms with E-state index in [9.17, 15) is 13.2 Å². The van der Waals surface area contributed by atoms with Crippen molar-refractivity contribution in [1.82, 2.24) is 4.98 Å². The molecule has 0 unspecified atom stereocenters. The molecule has 112 valence electrons. The summed E-state index contributed by atoms with van der Waals surface area (Å²) >= 11 is 1.32. The van der Waals surface area contributed by atoms with Crippen molar-refractivity contribution in [2.75, 3.05) is 16.3 Å². The molecule has 0 spiro atoms. The number of rotatable bonds is 5. The van der Waals surface area contributed by atoms with Crippen LogP contribution in [0.2, 0.25) is 0 Å². The second kappa shape index (κ2) is 6.20. The highest BCUT2D eigenvalue weighted by Crippen LogP contribution is 2.16. The third-order valence-electron chi connectivity index (χ3n) is 2.41. The van der Waals surface area contributed by atoms with E-state index >= 15 is 0 Å². The Bertz CT molecular complexity index is 738. The van der Waals surface area contributed by atoms with Crippen molar-refractivity contribution >= 4 is 38.6 Å². The first-order chi connectivity index (χ1) is 9.87. The van der Waals surface area contributed by atoms with Gasteiger partial charge in [0.1, 0.15) is 10.7 Å². The van der Waals surface area contributed by atoms with Gasteiger partial charge < -0.3 is 11.1 Å². The lowest BCUT2D eigenvalue weighted by Gasteiger charge is -2.06. The van der Waals surface area contributed by atoms with Gasteiger partial charge in [-0.3, -0.25) is 9.52 Å². The number of carbonyl (C=O) groups is 1. The fraction of sp³-hybridized carbons (Fsp3) is 0.167. The average molecular weight is 326 g/mol. The lowest BCUT2D eigenvalue weighted by Crippen LogP contribution is -2.13. The monoisotopic (exact) mass is 326 g/mol. The largest absolute Gasteiger partial charge is 0.325 e. The van der Waals surface area contributed by atoms with E-state index in [1.807, 2.05) is 0 Å². The number of nitrogens with zero attached hydrogens (tertiary/aromatic N) is 1. The molecule has 0 bridgehead atoms. The van der Waals surface area contributed by atoms with Crippen molar-refractivity contribution in [1.29, 1.82) is 0 Å². The maximum Gasteiger partial charge on any atom is 0.275 e. The number of carbonyl (C=O) groups excluding carboxylic acids is 1. The van der Waals surface area contributed by atoms with Gasteiger partial charge in [-0.15, -0.1) is 11.3 Å². The second-order valence-electron chi connectivity index (χ2n) is 4.24. The molecule has 1 aromatic heterocycles. The normalized spacial score (nSPS) is 11.1. The van der Waals surface area contributed by atoms with E-state index in [4.69, 9.17) is 5.73 Å². The van der Waals surface area contributed by atoms with E-state index in [1.54, 1.807) is 29.6 Å². The quantitative estimate of drug-likeness (QED) is 0.764. The molecule has 1 aromatic carbocycles. The van der Waals surface area contributed by atoms with Crippen molar-refractivity contribution < 1.29 is 13.2 Å². The third-order valence-corrected chi connectivity index (χ3v) is 3.88. The minimum Gasteiger partial charge on any atom is -0.325 e. The van der Waals surface area contributed by atoms with Gasteiger partial charge in [0.05, 0.1) is 6.26 Å². The van der Waals surface area contributed by atoms with Crippen molar-refractivity contribution in [2.24, 2.45) is 5.73 Å². The van der Waals surface area contributed by atoms with Gasteiger partial charge in [0.2, 0.25) is 10.0 Å². The predicted molar refractivity (Wildman–Crippen MR) is 82.9 cm³/mol. The van der Waals surface area contributed by atoms with Crippen LogP contribution in [0.3, 0.4) is 0 Å². The standard InChI is InChI=1S/C12H14N4O3S2/c1-21(18,19)16-9-4-2-8(3-5-9)14-12(17)10-7-20-11(6-13)15-10/h2-5,7,16H,6,13H2,1H3,(H,14,17). The number of aromatic nitrogens is 1. The Kier molecular flexibility index (Phi) is 4.56. The summed E-state index contributed by atoms with van der Waals surface area (Å²) in [4.78, 5) is 16.0. The molecule has 21 heavy (non-hydrogen) atoms. The lowest BCUT2D eigenvalue weighted by molar-refractivity contribution is 0.102. The molecule has 2 aromatic rings. The van der Waals surface area contributed by atoms with Crippen molar-refractivity contribution in [3.63, 3.8) is 0 Å². The topological polar surface area (TPSA) is 114 Å². The predicted octanol–water partition coefficient (Wildman–Crippen LogP) is 1.23. The average Bonchev–Trinajstić information content (AvgIpc) is 2.88. The number of hydrogen-bond acceptors (Lipinski definition) is 6. The molecule has 2 rings (SSSR count). The number of thiazole rings is 1. The van der Waals surface area contributed by atoms with E-state index in [1.165, 1.54) is 11.3 Å². The van der Waals surface area contributed by atoms with Gasteiger partial charge in [-0.05, 0) is 24.3 Å². The van der Waals surface area contributed by atoms with E-state index in [2.05, 4.69) is 15.0 Å². The third kappa shape index (κ3) is 4.52. The number of benzene rings is 1. The Morgan fingerprint density at radius 3 is 2.43 bits per heavy atom. The smallest absolute Gasteiger partial charge is 0.275 e. The van der Waals surface area contributed by atoms with Gasteiger partial charge in [0, 0.05) is 23.3 Å². The van der Waals surface area contributed by atoms with Crippen molar-refractivity contribution in [3.05, 3.63) is 40.3 Å². The summed E-state index contributed by atoms with van der Waals surface area (Å²) < 4.78 is 24.5. The molecule has 9 heteroatoms. The van der Waals surface area contributed by atoms with Crippen molar-refractivity contribution in [2.45, 2.75) is 6.54 Å². The Morgan fingerprint density at radius 2 is 1.90 bits per heavy atom. The minimum atomic E-state index is -3.31. The zero-order valence-electron chi connectivity index (χ0n) is 11.2. The van der Waals surface area contributed by atoms with Crippen LogP contribution < -0.4 is 15.8 Å². The van der Waals surface area contributed by atoms with Gasteiger partial charge >= 0.3 is 0 Å². The molecule has 7 nitrogen and oxygen atoms in total. The maximum atomic E-state index is 11.9. The SMILES string of the molecule is CS(=O)(=O)Nc1ccc(NC(=O)c2csc(CN)n2)cc1. The van der Waals surface area contributed by atoms with Crippen molar-refractivity contribution in [3.8, 4) is 0 Å². The number of hydrogen-bond donors (Lipinski definition) is 3. The van der Waals surface area contributed by atoms with Crippen LogP contribution >= 0.6 is 11.3 Å². The molecule has 0 saturated carbocycles. The summed E-state index contributed by atoms with van der Waals surface area (Å²) in [6.07, 6.45) is 1.07. The van der Waals surface area contributed by atoms with Crippen LogP contribution in [0.4, 0.5) is 11.4 Å². The van der Waals surface area contributed by atoms with Crippen LogP contribution in [0.5, 0.6) is 0 Å². The fourth-order valence-corrected chi connectivity index (χ4v) is 2.76. The number of anilines is 2. The van der Waals surface area contributed by atoms with Crippen LogP contribution in [0, 0.1) is 0 Å². The summed E-state index contributed by atoms with van der Waals surface area (Å²) in [5.41, 5.74) is 6.72. The summed E-state index contributed by atoms with van der Waals surface area (Å²) in [5.74, 6) is -0.338. The summed E-state index contributed by atoms with van der Waals surface area (Å²) in [6.45, 7) is 0.295. The van der Waals surface area contributed by atoms with Gasteiger partial charge in [-0.1, -0.05) is 0 Å². The van der Waals surface area contributed by atoms with Crippen LogP contribution in [-0.4, -0.2) is 25.6 Å². The van der Waals surface area contributed by atoms with Crippen LogP contribution in [0.1, 0.15) is 15.5 Å². The van der Waals surface area contributed by atoms with Crippen LogP contribution in [-0.2, 0) is 16.6 Å². The minimum absolute atomic E-state index is 0.295. The maximum absolute atomic E-state index is 11.9. The zero-order chi connectivity index (χ0) is 15.5. The van der Waals surface area contributed by atoms with Crippen LogP contribution in [0.25, 0.3) is 0 Å². The Balaban J connectivity index is 2.04. The molecule has 0 aliphatic carbocycles. The number of nitrogens with two attached hydrogens (primary N) is 1. The van der Waals surface area contributed by atoms with Gasteiger partial charge in [-0.2, -0.15) is 0 Å².